The summed E-state index contributed by atoms with van der Waals surface area (Å²) >= 11 is 6.17. The number of halogens is 1. The van der Waals surface area contributed by atoms with E-state index in [0.717, 1.165) is 6.07 Å². The van der Waals surface area contributed by atoms with Gasteiger partial charge >= 0.3 is 0 Å². The number of fused-ring (bicyclic) bond motifs is 1. The van der Waals surface area contributed by atoms with Crippen molar-refractivity contribution in [3.63, 3.8) is 0 Å². The molecule has 2 rings (SSSR count). The van der Waals surface area contributed by atoms with Crippen LogP contribution in [0.5, 0.6) is 11.5 Å². The molecule has 0 radical (unpaired) electrons. The minimum Gasteiger partial charge on any atom is -0.507 e. The molecule has 1 aromatic heterocycles. The van der Waals surface area contributed by atoms with Crippen molar-refractivity contribution in [3.05, 3.63) is 33.6 Å². The van der Waals surface area contributed by atoms with Crippen molar-refractivity contribution < 1.29 is 19.3 Å². The molecule has 0 aliphatic heterocycles. The third-order valence-electron chi connectivity index (χ3n) is 2.80. The summed E-state index contributed by atoms with van der Waals surface area (Å²) in [6, 6.07) is 4.30. The highest BCUT2D eigenvalue weighted by atomic mass is 35.5. The molecule has 0 spiro atoms. The molecule has 1 heterocycles. The second-order valence-corrected chi connectivity index (χ2v) is 4.41. The van der Waals surface area contributed by atoms with Crippen LogP contribution in [-0.4, -0.2) is 37.2 Å². The molecule has 108 valence electrons. The molecule has 0 unspecified atom stereocenters. The molecule has 2 aromatic rings. The van der Waals surface area contributed by atoms with E-state index in [9.17, 15) is 9.90 Å². The molecular weight excluding hydrogens is 286 g/mol. The molecule has 20 heavy (non-hydrogen) atoms. The lowest BCUT2D eigenvalue weighted by atomic mass is 10.2. The van der Waals surface area contributed by atoms with E-state index in [1.807, 2.05) is 0 Å². The number of methoxy groups -OCH3 is 2. The SMILES string of the molecule is COC(COc1ccc2c(O)cc(=O)[nH]c2c1Cl)OC. The van der Waals surface area contributed by atoms with E-state index in [0.29, 0.717) is 16.7 Å². The summed E-state index contributed by atoms with van der Waals surface area (Å²) in [5.74, 6) is 0.225. The highest BCUT2D eigenvalue weighted by Gasteiger charge is 2.13. The zero-order valence-electron chi connectivity index (χ0n) is 11.0. The number of H-pyrrole nitrogens is 1. The van der Waals surface area contributed by atoms with E-state index in [2.05, 4.69) is 4.98 Å². The Labute approximate surface area is 119 Å². The van der Waals surface area contributed by atoms with Crippen molar-refractivity contribution in [1.82, 2.24) is 4.98 Å². The van der Waals surface area contributed by atoms with Crippen molar-refractivity contribution in [3.8, 4) is 11.5 Å². The van der Waals surface area contributed by atoms with Gasteiger partial charge in [0.15, 0.2) is 6.29 Å². The molecular formula is C13H14ClNO5. The predicted molar refractivity (Wildman–Crippen MR) is 74.5 cm³/mol. The minimum absolute atomic E-state index is 0.135. The van der Waals surface area contributed by atoms with E-state index in [1.54, 1.807) is 12.1 Å². The van der Waals surface area contributed by atoms with Crippen LogP contribution in [0.15, 0.2) is 23.0 Å². The van der Waals surface area contributed by atoms with Gasteiger partial charge in [0.2, 0.25) is 0 Å². The van der Waals surface area contributed by atoms with Gasteiger partial charge in [0.25, 0.3) is 5.56 Å². The van der Waals surface area contributed by atoms with Gasteiger partial charge in [0.1, 0.15) is 23.1 Å². The average molecular weight is 300 g/mol. The lowest BCUT2D eigenvalue weighted by molar-refractivity contribution is -0.121. The summed E-state index contributed by atoms with van der Waals surface area (Å²) in [5.41, 5.74) is -0.124. The topological polar surface area (TPSA) is 80.8 Å². The number of aromatic hydroxyl groups is 1. The Morgan fingerprint density at radius 2 is 2.05 bits per heavy atom. The highest BCUT2D eigenvalue weighted by molar-refractivity contribution is 6.36. The third kappa shape index (κ3) is 2.87. The molecule has 1 aromatic carbocycles. The van der Waals surface area contributed by atoms with Gasteiger partial charge in [-0.2, -0.15) is 0 Å². The second kappa shape index (κ2) is 6.13. The fraction of sp³-hybridized carbons (Fsp3) is 0.308. The van der Waals surface area contributed by atoms with Crippen LogP contribution in [0.3, 0.4) is 0 Å². The third-order valence-corrected chi connectivity index (χ3v) is 3.17. The molecule has 2 N–H and O–H groups in total. The summed E-state index contributed by atoms with van der Waals surface area (Å²) in [5, 5.41) is 10.4. The van der Waals surface area contributed by atoms with Crippen LogP contribution in [0.2, 0.25) is 5.02 Å². The summed E-state index contributed by atoms with van der Waals surface area (Å²) in [6.45, 7) is 0.140. The molecule has 0 amide bonds. The fourth-order valence-corrected chi connectivity index (χ4v) is 2.02. The van der Waals surface area contributed by atoms with Gasteiger partial charge in [-0.3, -0.25) is 4.79 Å². The fourth-order valence-electron chi connectivity index (χ4n) is 1.76. The number of nitrogens with one attached hydrogen (secondary N) is 1. The number of hydrogen-bond donors (Lipinski definition) is 2. The number of ether oxygens (including phenoxy) is 3. The number of benzene rings is 1. The highest BCUT2D eigenvalue weighted by Crippen LogP contribution is 2.34. The van der Waals surface area contributed by atoms with Crippen LogP contribution in [0.1, 0.15) is 0 Å². The van der Waals surface area contributed by atoms with E-state index >= 15 is 0 Å². The zero-order valence-corrected chi connectivity index (χ0v) is 11.7. The normalized spacial score (nSPS) is 11.2. The molecule has 0 aliphatic carbocycles. The number of pyridine rings is 1. The number of aromatic nitrogens is 1. The quantitative estimate of drug-likeness (QED) is 0.824. The largest absolute Gasteiger partial charge is 0.507 e. The molecule has 6 nitrogen and oxygen atoms in total. The van der Waals surface area contributed by atoms with Crippen molar-refractivity contribution >= 4 is 22.5 Å². The van der Waals surface area contributed by atoms with E-state index in [-0.39, 0.29) is 17.4 Å². The van der Waals surface area contributed by atoms with Crippen molar-refractivity contribution in [2.45, 2.75) is 6.29 Å². The van der Waals surface area contributed by atoms with Crippen molar-refractivity contribution in [2.24, 2.45) is 0 Å². The Bertz CT molecular complexity index is 666. The number of aromatic amines is 1. The van der Waals surface area contributed by atoms with Gasteiger partial charge in [-0.05, 0) is 12.1 Å². The van der Waals surface area contributed by atoms with Crippen LogP contribution in [0.4, 0.5) is 0 Å². The van der Waals surface area contributed by atoms with Gasteiger partial charge in [0, 0.05) is 25.7 Å². The van der Waals surface area contributed by atoms with Crippen LogP contribution in [0.25, 0.3) is 10.9 Å². The molecule has 0 atom stereocenters. The summed E-state index contributed by atoms with van der Waals surface area (Å²) in [6.07, 6.45) is -0.523. The van der Waals surface area contributed by atoms with Gasteiger partial charge < -0.3 is 24.3 Å². The molecule has 0 bridgehead atoms. The molecule has 0 saturated carbocycles. The van der Waals surface area contributed by atoms with Crippen molar-refractivity contribution in [1.29, 1.82) is 0 Å². The zero-order chi connectivity index (χ0) is 14.7. The lowest BCUT2D eigenvalue weighted by Gasteiger charge is -2.15. The smallest absolute Gasteiger partial charge is 0.252 e. The minimum atomic E-state index is -0.523. The number of hydrogen-bond acceptors (Lipinski definition) is 5. The second-order valence-electron chi connectivity index (χ2n) is 4.03. The maximum Gasteiger partial charge on any atom is 0.252 e. The lowest BCUT2D eigenvalue weighted by Crippen LogP contribution is -2.22. The van der Waals surface area contributed by atoms with Gasteiger partial charge in [-0.25, -0.2) is 0 Å². The monoisotopic (exact) mass is 299 g/mol. The van der Waals surface area contributed by atoms with Gasteiger partial charge in [-0.15, -0.1) is 0 Å². The maximum absolute atomic E-state index is 11.4. The molecule has 0 saturated heterocycles. The van der Waals surface area contributed by atoms with Gasteiger partial charge in [0.05, 0.1) is 5.52 Å². The predicted octanol–water partition coefficient (Wildman–Crippen LogP) is 1.88. The standard InChI is InChI=1S/C13H14ClNO5/c1-18-11(19-2)6-20-9-4-3-7-8(16)5-10(17)15-13(7)12(9)14/h3-5,11H,6H2,1-2H3,(H2,15,16,17). The number of rotatable bonds is 5. The van der Waals surface area contributed by atoms with Gasteiger partial charge in [-0.1, -0.05) is 11.6 Å². The van der Waals surface area contributed by atoms with Crippen LogP contribution in [-0.2, 0) is 9.47 Å². The van der Waals surface area contributed by atoms with E-state index < -0.39 is 11.8 Å². The molecule has 0 fully saturated rings. The summed E-state index contributed by atoms with van der Waals surface area (Å²) in [4.78, 5) is 13.9. The first kappa shape index (κ1) is 14.6. The van der Waals surface area contributed by atoms with Crippen LogP contribution >= 0.6 is 11.6 Å². The molecule has 0 aliphatic rings. The van der Waals surface area contributed by atoms with E-state index in [1.165, 1.54) is 14.2 Å². The Hall–Kier alpha value is -1.76. The van der Waals surface area contributed by atoms with Crippen LogP contribution in [0, 0.1) is 0 Å². The van der Waals surface area contributed by atoms with Crippen molar-refractivity contribution in [2.75, 3.05) is 20.8 Å². The Balaban J connectivity index is 2.37. The Kier molecular flexibility index (Phi) is 4.49. The van der Waals surface area contributed by atoms with Crippen LogP contribution < -0.4 is 10.3 Å². The summed E-state index contributed by atoms with van der Waals surface area (Å²) in [7, 11) is 2.99. The first-order chi connectivity index (χ1) is 9.56. The summed E-state index contributed by atoms with van der Waals surface area (Å²) < 4.78 is 15.5. The molecule has 7 heteroatoms. The van der Waals surface area contributed by atoms with E-state index in [4.69, 9.17) is 25.8 Å². The average Bonchev–Trinajstić information content (AvgIpc) is 2.42. The first-order valence-corrected chi connectivity index (χ1v) is 6.17. The maximum atomic E-state index is 11.4. The Morgan fingerprint density at radius 3 is 2.70 bits per heavy atom. The Morgan fingerprint density at radius 1 is 1.35 bits per heavy atom. The first-order valence-electron chi connectivity index (χ1n) is 5.79.